The molecule has 0 heterocycles. The van der Waals surface area contributed by atoms with Crippen molar-refractivity contribution in [2.75, 3.05) is 10.6 Å². The molecule has 0 aromatic heterocycles. The predicted octanol–water partition coefficient (Wildman–Crippen LogP) is 4.78. The largest absolute Gasteiger partial charge is 0.416 e. The first-order chi connectivity index (χ1) is 12.6. The van der Waals surface area contributed by atoms with Crippen molar-refractivity contribution in [1.82, 2.24) is 5.32 Å². The molecule has 2 aromatic rings. The minimum Gasteiger partial charge on any atom is -0.334 e. The van der Waals surface area contributed by atoms with Crippen molar-refractivity contribution in [3.8, 4) is 0 Å². The fraction of sp³-hybridized carbons (Fsp3) is 0.176. The van der Waals surface area contributed by atoms with Crippen molar-refractivity contribution in [1.29, 1.82) is 0 Å². The zero-order valence-electron chi connectivity index (χ0n) is 13.9. The standard InChI is InChI=1S/C17H14ClF4N3O2/c1-9(26)24-12-4-5-15(14(18)7-12)25-16(27)23-8-10-2-3-11(19)6-13(10)17(20,21)22/h2-7H,8H2,1H3,(H,24,26)(H2,23,25,27). The lowest BCUT2D eigenvalue weighted by Gasteiger charge is -2.14. The summed E-state index contributed by atoms with van der Waals surface area (Å²) in [6, 6.07) is 5.71. The summed E-state index contributed by atoms with van der Waals surface area (Å²) in [4.78, 5) is 22.9. The van der Waals surface area contributed by atoms with Crippen LogP contribution in [0.25, 0.3) is 0 Å². The lowest BCUT2D eigenvalue weighted by atomic mass is 10.1. The van der Waals surface area contributed by atoms with E-state index in [0.717, 1.165) is 12.1 Å². The Kier molecular flexibility index (Phi) is 6.27. The molecule has 0 saturated carbocycles. The molecule has 0 radical (unpaired) electrons. The number of halogens is 5. The van der Waals surface area contributed by atoms with Gasteiger partial charge in [-0.3, -0.25) is 4.79 Å². The highest BCUT2D eigenvalue weighted by Crippen LogP contribution is 2.32. The molecule has 0 aliphatic carbocycles. The Morgan fingerprint density at radius 3 is 2.37 bits per heavy atom. The van der Waals surface area contributed by atoms with Gasteiger partial charge >= 0.3 is 12.2 Å². The van der Waals surface area contributed by atoms with E-state index in [1.54, 1.807) is 0 Å². The number of urea groups is 1. The second-order valence-corrected chi connectivity index (χ2v) is 5.89. The fourth-order valence-corrected chi connectivity index (χ4v) is 2.43. The Hall–Kier alpha value is -2.81. The van der Waals surface area contributed by atoms with Crippen LogP contribution in [0.15, 0.2) is 36.4 Å². The van der Waals surface area contributed by atoms with Crippen molar-refractivity contribution >= 4 is 34.9 Å². The molecule has 10 heteroatoms. The van der Waals surface area contributed by atoms with Crippen molar-refractivity contribution < 1.29 is 27.2 Å². The summed E-state index contributed by atoms with van der Waals surface area (Å²) in [5, 5.41) is 7.26. The summed E-state index contributed by atoms with van der Waals surface area (Å²) in [6.07, 6.45) is -4.75. The number of carbonyl (C=O) groups excluding carboxylic acids is 2. The topological polar surface area (TPSA) is 70.2 Å². The molecule has 0 aliphatic rings. The number of benzene rings is 2. The predicted molar refractivity (Wildman–Crippen MR) is 93.0 cm³/mol. The molecule has 0 spiro atoms. The second-order valence-electron chi connectivity index (χ2n) is 5.48. The highest BCUT2D eigenvalue weighted by Gasteiger charge is 2.33. The molecule has 0 fully saturated rings. The minimum atomic E-state index is -4.75. The van der Waals surface area contributed by atoms with Crippen molar-refractivity contribution in [2.24, 2.45) is 0 Å². The van der Waals surface area contributed by atoms with Gasteiger partial charge in [0, 0.05) is 19.2 Å². The molecule has 0 saturated heterocycles. The molecule has 0 unspecified atom stereocenters. The van der Waals surface area contributed by atoms with Crippen LogP contribution in [0.3, 0.4) is 0 Å². The molecule has 3 amide bonds. The molecule has 0 bridgehead atoms. The smallest absolute Gasteiger partial charge is 0.334 e. The van der Waals surface area contributed by atoms with Crippen LogP contribution in [0.1, 0.15) is 18.1 Å². The van der Waals surface area contributed by atoms with Crippen LogP contribution < -0.4 is 16.0 Å². The minimum absolute atomic E-state index is 0.120. The number of hydrogen-bond donors (Lipinski definition) is 3. The van der Waals surface area contributed by atoms with Gasteiger partial charge in [-0.05, 0) is 35.9 Å². The van der Waals surface area contributed by atoms with E-state index in [4.69, 9.17) is 11.6 Å². The van der Waals surface area contributed by atoms with Gasteiger partial charge in [0.05, 0.1) is 16.3 Å². The Labute approximate surface area is 156 Å². The summed E-state index contributed by atoms with van der Waals surface area (Å²) in [5.74, 6) is -1.33. The molecule has 2 rings (SSSR count). The first-order valence-electron chi connectivity index (χ1n) is 7.54. The third kappa shape index (κ3) is 5.85. The van der Waals surface area contributed by atoms with Crippen LogP contribution >= 0.6 is 11.6 Å². The van der Waals surface area contributed by atoms with Crippen LogP contribution in [-0.2, 0) is 17.5 Å². The normalized spacial score (nSPS) is 11.0. The number of carbonyl (C=O) groups is 2. The molecule has 144 valence electrons. The number of amides is 3. The average Bonchev–Trinajstić information content (AvgIpc) is 2.55. The summed E-state index contributed by atoms with van der Waals surface area (Å²) in [5.41, 5.74) is -0.843. The van der Waals surface area contributed by atoms with Gasteiger partial charge in [0.1, 0.15) is 5.82 Å². The summed E-state index contributed by atoms with van der Waals surface area (Å²) in [6.45, 7) is 0.848. The first kappa shape index (κ1) is 20.5. The van der Waals surface area contributed by atoms with E-state index in [1.165, 1.54) is 25.1 Å². The third-order valence-corrected chi connectivity index (χ3v) is 3.67. The van der Waals surface area contributed by atoms with Gasteiger partial charge < -0.3 is 16.0 Å². The maximum Gasteiger partial charge on any atom is 0.416 e. The van der Waals surface area contributed by atoms with E-state index in [-0.39, 0.29) is 22.2 Å². The van der Waals surface area contributed by atoms with Gasteiger partial charge in [0.15, 0.2) is 0 Å². The van der Waals surface area contributed by atoms with Crippen LogP contribution in [0.5, 0.6) is 0 Å². The van der Waals surface area contributed by atoms with Gasteiger partial charge in [-0.15, -0.1) is 0 Å². The van der Waals surface area contributed by atoms with Crippen LogP contribution in [0.2, 0.25) is 5.02 Å². The van der Waals surface area contributed by atoms with Gasteiger partial charge in [0.25, 0.3) is 0 Å². The summed E-state index contributed by atoms with van der Waals surface area (Å²) < 4.78 is 51.9. The van der Waals surface area contributed by atoms with Gasteiger partial charge in [-0.2, -0.15) is 13.2 Å². The lowest BCUT2D eigenvalue weighted by molar-refractivity contribution is -0.138. The first-order valence-corrected chi connectivity index (χ1v) is 7.91. The van der Waals surface area contributed by atoms with Gasteiger partial charge in [0.2, 0.25) is 5.91 Å². The van der Waals surface area contributed by atoms with Crippen molar-refractivity contribution in [3.63, 3.8) is 0 Å². The lowest BCUT2D eigenvalue weighted by Crippen LogP contribution is -2.29. The third-order valence-electron chi connectivity index (χ3n) is 3.35. The Bertz CT molecular complexity index is 872. The Morgan fingerprint density at radius 2 is 1.78 bits per heavy atom. The summed E-state index contributed by atoms with van der Waals surface area (Å²) >= 11 is 5.99. The molecule has 2 aromatic carbocycles. The van der Waals surface area contributed by atoms with E-state index < -0.39 is 30.1 Å². The number of nitrogens with one attached hydrogen (secondary N) is 3. The number of hydrogen-bond acceptors (Lipinski definition) is 2. The maximum atomic E-state index is 13.1. The van der Waals surface area contributed by atoms with Crippen LogP contribution in [0, 0.1) is 5.82 Å². The monoisotopic (exact) mass is 403 g/mol. The van der Waals surface area contributed by atoms with Gasteiger partial charge in [-0.1, -0.05) is 17.7 Å². The van der Waals surface area contributed by atoms with Crippen molar-refractivity contribution in [3.05, 3.63) is 58.4 Å². The molecule has 0 atom stereocenters. The number of rotatable bonds is 4. The van der Waals surface area contributed by atoms with E-state index in [0.29, 0.717) is 11.8 Å². The Balaban J connectivity index is 2.04. The quantitative estimate of drug-likeness (QED) is 0.643. The zero-order chi connectivity index (χ0) is 20.2. The van der Waals surface area contributed by atoms with E-state index >= 15 is 0 Å². The molecule has 0 aliphatic heterocycles. The second kappa shape index (κ2) is 8.26. The summed E-state index contributed by atoms with van der Waals surface area (Å²) in [7, 11) is 0. The molecule has 27 heavy (non-hydrogen) atoms. The molecular weight excluding hydrogens is 390 g/mol. The highest BCUT2D eigenvalue weighted by atomic mass is 35.5. The molecule has 5 nitrogen and oxygen atoms in total. The average molecular weight is 404 g/mol. The van der Waals surface area contributed by atoms with Crippen LogP contribution in [-0.4, -0.2) is 11.9 Å². The van der Waals surface area contributed by atoms with Crippen molar-refractivity contribution in [2.45, 2.75) is 19.6 Å². The SMILES string of the molecule is CC(=O)Nc1ccc(NC(=O)NCc2ccc(F)cc2C(F)(F)F)c(Cl)c1. The van der Waals surface area contributed by atoms with Gasteiger partial charge in [-0.25, -0.2) is 9.18 Å². The van der Waals surface area contributed by atoms with Crippen LogP contribution in [0.4, 0.5) is 33.7 Å². The molecule has 3 N–H and O–H groups in total. The van der Waals surface area contributed by atoms with E-state index in [9.17, 15) is 27.2 Å². The maximum absolute atomic E-state index is 13.1. The molecular formula is C17H14ClF4N3O2. The highest BCUT2D eigenvalue weighted by molar-refractivity contribution is 6.34. The Morgan fingerprint density at radius 1 is 1.07 bits per heavy atom. The fourth-order valence-electron chi connectivity index (χ4n) is 2.21. The van der Waals surface area contributed by atoms with E-state index in [2.05, 4.69) is 16.0 Å². The number of alkyl halides is 3. The van der Waals surface area contributed by atoms with E-state index in [1.807, 2.05) is 0 Å². The zero-order valence-corrected chi connectivity index (χ0v) is 14.6. The number of anilines is 2.